The molecule has 6 heteroatoms. The van der Waals surface area contributed by atoms with Crippen LogP contribution in [0.3, 0.4) is 0 Å². The number of aryl methyl sites for hydroxylation is 1. The lowest BCUT2D eigenvalue weighted by Gasteiger charge is -2.06. The summed E-state index contributed by atoms with van der Waals surface area (Å²) in [5.41, 5.74) is 1.87. The third-order valence-electron chi connectivity index (χ3n) is 3.69. The summed E-state index contributed by atoms with van der Waals surface area (Å²) >= 11 is 0. The average Bonchev–Trinajstić information content (AvgIpc) is 3.28. The highest BCUT2D eigenvalue weighted by molar-refractivity contribution is 5.88. The molecule has 1 fully saturated rings. The molecular weight excluding hydrogens is 280 g/mol. The van der Waals surface area contributed by atoms with Crippen LogP contribution in [0.2, 0.25) is 0 Å². The van der Waals surface area contributed by atoms with Crippen LogP contribution in [0.4, 0.5) is 10.6 Å². The van der Waals surface area contributed by atoms with Crippen molar-refractivity contribution >= 4 is 11.8 Å². The van der Waals surface area contributed by atoms with Crippen LogP contribution in [-0.4, -0.2) is 29.5 Å². The molecule has 1 aromatic carbocycles. The van der Waals surface area contributed by atoms with Crippen molar-refractivity contribution in [3.8, 4) is 11.4 Å². The van der Waals surface area contributed by atoms with E-state index in [2.05, 4.69) is 15.7 Å². The first-order valence-corrected chi connectivity index (χ1v) is 7.41. The number of carbonyl (C=O) groups is 1. The molecule has 0 bridgehead atoms. The molecule has 6 nitrogen and oxygen atoms in total. The van der Waals surface area contributed by atoms with Gasteiger partial charge in [0, 0.05) is 18.3 Å². The summed E-state index contributed by atoms with van der Waals surface area (Å²) in [6.45, 7) is 2.69. The summed E-state index contributed by atoms with van der Waals surface area (Å²) in [6.07, 6.45) is 2.43. The largest absolute Gasteiger partial charge is 0.497 e. The van der Waals surface area contributed by atoms with Crippen molar-refractivity contribution < 1.29 is 9.53 Å². The number of benzene rings is 1. The predicted molar refractivity (Wildman–Crippen MR) is 84.6 cm³/mol. The van der Waals surface area contributed by atoms with Gasteiger partial charge in [-0.25, -0.2) is 9.48 Å². The van der Waals surface area contributed by atoms with Crippen LogP contribution in [-0.2, 0) is 0 Å². The van der Waals surface area contributed by atoms with Gasteiger partial charge in [-0.1, -0.05) is 0 Å². The second-order valence-electron chi connectivity index (χ2n) is 5.56. The van der Waals surface area contributed by atoms with Crippen molar-refractivity contribution in [3.63, 3.8) is 0 Å². The Morgan fingerprint density at radius 3 is 2.73 bits per heavy atom. The Kier molecular flexibility index (Phi) is 4.00. The van der Waals surface area contributed by atoms with Gasteiger partial charge in [-0.3, -0.25) is 5.32 Å². The highest BCUT2D eigenvalue weighted by atomic mass is 16.5. The van der Waals surface area contributed by atoms with Crippen molar-refractivity contribution in [1.29, 1.82) is 0 Å². The SMILES string of the molecule is COc1ccc(-n2nc(NC(=O)NCC3CC3)cc2C)cc1. The van der Waals surface area contributed by atoms with Gasteiger partial charge >= 0.3 is 6.03 Å². The maximum atomic E-state index is 11.8. The zero-order valence-electron chi connectivity index (χ0n) is 12.8. The Labute approximate surface area is 129 Å². The van der Waals surface area contributed by atoms with Crippen molar-refractivity contribution in [3.05, 3.63) is 36.0 Å². The molecule has 2 N–H and O–H groups in total. The average molecular weight is 300 g/mol. The molecular formula is C16H20N4O2. The molecule has 0 spiro atoms. The zero-order chi connectivity index (χ0) is 15.5. The smallest absolute Gasteiger partial charge is 0.320 e. The van der Waals surface area contributed by atoms with Gasteiger partial charge in [0.1, 0.15) is 5.75 Å². The van der Waals surface area contributed by atoms with E-state index >= 15 is 0 Å². The molecule has 0 unspecified atom stereocenters. The molecule has 116 valence electrons. The topological polar surface area (TPSA) is 68.2 Å². The summed E-state index contributed by atoms with van der Waals surface area (Å²) < 4.78 is 6.94. The Hall–Kier alpha value is -2.50. The normalized spacial score (nSPS) is 13.7. The number of anilines is 1. The zero-order valence-corrected chi connectivity index (χ0v) is 12.8. The molecule has 2 aromatic rings. The minimum Gasteiger partial charge on any atom is -0.497 e. The van der Waals surface area contributed by atoms with E-state index in [1.165, 1.54) is 12.8 Å². The van der Waals surface area contributed by atoms with Crippen LogP contribution in [0.25, 0.3) is 5.69 Å². The fraction of sp³-hybridized carbons (Fsp3) is 0.375. The lowest BCUT2D eigenvalue weighted by atomic mass is 10.3. The van der Waals surface area contributed by atoms with Gasteiger partial charge in [0.25, 0.3) is 0 Å². The highest BCUT2D eigenvalue weighted by Crippen LogP contribution is 2.27. The summed E-state index contributed by atoms with van der Waals surface area (Å²) in [4.78, 5) is 11.8. The number of methoxy groups -OCH3 is 1. The minimum atomic E-state index is -0.203. The van der Waals surface area contributed by atoms with E-state index in [-0.39, 0.29) is 6.03 Å². The summed E-state index contributed by atoms with van der Waals surface area (Å²) in [5.74, 6) is 2.00. The maximum absolute atomic E-state index is 11.8. The second-order valence-corrected chi connectivity index (χ2v) is 5.56. The lowest BCUT2D eigenvalue weighted by molar-refractivity contribution is 0.251. The Bertz CT molecular complexity index is 659. The standard InChI is InChI=1S/C16H20N4O2/c1-11-9-15(18-16(21)17-10-12-3-4-12)19-20(11)13-5-7-14(22-2)8-6-13/h5-9,12H,3-4,10H2,1-2H3,(H2,17,18,19,21). The van der Waals surface area contributed by atoms with E-state index in [1.54, 1.807) is 11.8 Å². The highest BCUT2D eigenvalue weighted by Gasteiger charge is 2.21. The molecule has 2 amide bonds. The first-order chi connectivity index (χ1) is 10.7. The van der Waals surface area contributed by atoms with Crippen molar-refractivity contribution in [2.45, 2.75) is 19.8 Å². The predicted octanol–water partition coefficient (Wildman–Crippen LogP) is 2.72. The van der Waals surface area contributed by atoms with Crippen LogP contribution < -0.4 is 15.4 Å². The van der Waals surface area contributed by atoms with Gasteiger partial charge in [0.15, 0.2) is 5.82 Å². The number of aromatic nitrogens is 2. The molecule has 0 radical (unpaired) electrons. The van der Waals surface area contributed by atoms with E-state index in [9.17, 15) is 4.79 Å². The monoisotopic (exact) mass is 300 g/mol. The molecule has 1 heterocycles. The quantitative estimate of drug-likeness (QED) is 0.892. The summed E-state index contributed by atoms with van der Waals surface area (Å²) in [7, 11) is 1.64. The number of nitrogens with one attached hydrogen (secondary N) is 2. The number of carbonyl (C=O) groups excluding carboxylic acids is 1. The van der Waals surface area contributed by atoms with E-state index in [0.717, 1.165) is 23.7 Å². The number of urea groups is 1. The summed E-state index contributed by atoms with van der Waals surface area (Å²) in [5, 5.41) is 10.1. The lowest BCUT2D eigenvalue weighted by Crippen LogP contribution is -2.30. The van der Waals surface area contributed by atoms with Gasteiger partial charge < -0.3 is 10.1 Å². The van der Waals surface area contributed by atoms with Gasteiger partial charge in [0.05, 0.1) is 12.8 Å². The van der Waals surface area contributed by atoms with E-state index in [0.29, 0.717) is 11.7 Å². The van der Waals surface area contributed by atoms with E-state index in [4.69, 9.17) is 4.74 Å². The number of amides is 2. The molecule has 1 aliphatic rings. The van der Waals surface area contributed by atoms with Gasteiger partial charge in [0.2, 0.25) is 0 Å². The van der Waals surface area contributed by atoms with Crippen LogP contribution in [0.5, 0.6) is 5.75 Å². The molecule has 3 rings (SSSR count). The Morgan fingerprint density at radius 2 is 2.09 bits per heavy atom. The van der Waals surface area contributed by atoms with Crippen LogP contribution in [0.15, 0.2) is 30.3 Å². The molecule has 0 aliphatic heterocycles. The summed E-state index contributed by atoms with van der Waals surface area (Å²) in [6, 6.07) is 9.26. The van der Waals surface area contributed by atoms with Gasteiger partial charge in [-0.15, -0.1) is 5.10 Å². The van der Waals surface area contributed by atoms with Crippen molar-refractivity contribution in [2.75, 3.05) is 19.0 Å². The van der Waals surface area contributed by atoms with E-state index in [1.807, 2.05) is 37.3 Å². The van der Waals surface area contributed by atoms with Crippen molar-refractivity contribution in [1.82, 2.24) is 15.1 Å². The Morgan fingerprint density at radius 1 is 1.36 bits per heavy atom. The fourth-order valence-corrected chi connectivity index (χ4v) is 2.24. The van der Waals surface area contributed by atoms with Crippen molar-refractivity contribution in [2.24, 2.45) is 5.92 Å². The second kappa shape index (κ2) is 6.09. The first-order valence-electron chi connectivity index (χ1n) is 7.41. The fourth-order valence-electron chi connectivity index (χ4n) is 2.24. The van der Waals surface area contributed by atoms with Gasteiger partial charge in [-0.05, 0) is 49.9 Å². The molecule has 1 aliphatic carbocycles. The minimum absolute atomic E-state index is 0.203. The number of ether oxygens (including phenoxy) is 1. The Balaban J connectivity index is 1.67. The number of nitrogens with zero attached hydrogens (tertiary/aromatic N) is 2. The number of hydrogen-bond acceptors (Lipinski definition) is 3. The molecule has 1 saturated carbocycles. The molecule has 1 aromatic heterocycles. The molecule has 22 heavy (non-hydrogen) atoms. The third-order valence-corrected chi connectivity index (χ3v) is 3.69. The first kappa shape index (κ1) is 14.4. The molecule has 0 atom stereocenters. The van der Waals surface area contributed by atoms with Gasteiger partial charge in [-0.2, -0.15) is 0 Å². The maximum Gasteiger partial charge on any atom is 0.320 e. The van der Waals surface area contributed by atoms with Crippen LogP contribution >= 0.6 is 0 Å². The van der Waals surface area contributed by atoms with Crippen LogP contribution in [0, 0.1) is 12.8 Å². The number of hydrogen-bond donors (Lipinski definition) is 2. The number of rotatable bonds is 5. The van der Waals surface area contributed by atoms with Crippen LogP contribution in [0.1, 0.15) is 18.5 Å². The molecule has 0 saturated heterocycles. The van der Waals surface area contributed by atoms with E-state index < -0.39 is 0 Å². The third kappa shape index (κ3) is 3.39.